The van der Waals surface area contributed by atoms with Crippen LogP contribution in [-0.2, 0) is 4.74 Å². The first-order valence-corrected chi connectivity index (χ1v) is 6.71. The fourth-order valence-corrected chi connectivity index (χ4v) is 1.90. The Morgan fingerprint density at radius 2 is 1.74 bits per heavy atom. The molecule has 0 saturated carbocycles. The minimum absolute atomic E-state index is 0.0747. The van der Waals surface area contributed by atoms with Gasteiger partial charge in [0, 0.05) is 5.56 Å². The molecule has 0 bridgehead atoms. The number of allylic oxidation sites excluding steroid dienone is 1. The van der Waals surface area contributed by atoms with E-state index in [-0.39, 0.29) is 11.5 Å². The van der Waals surface area contributed by atoms with Gasteiger partial charge in [0.1, 0.15) is 5.76 Å². The van der Waals surface area contributed by atoms with E-state index in [9.17, 15) is 9.59 Å². The molecule has 0 aliphatic carbocycles. The number of hydrogen-bond donors (Lipinski definition) is 0. The van der Waals surface area contributed by atoms with Crippen molar-refractivity contribution in [3.63, 3.8) is 0 Å². The molecule has 23 heavy (non-hydrogen) atoms. The molecule has 0 fully saturated rings. The Morgan fingerprint density at radius 1 is 1.00 bits per heavy atom. The van der Waals surface area contributed by atoms with Crippen LogP contribution in [0.1, 0.15) is 26.7 Å². The molecule has 0 radical (unpaired) electrons. The fraction of sp³-hybridized carbons (Fsp3) is 0.176. The van der Waals surface area contributed by atoms with E-state index in [0.717, 1.165) is 0 Å². The van der Waals surface area contributed by atoms with E-state index < -0.39 is 5.97 Å². The second-order valence-corrected chi connectivity index (χ2v) is 4.46. The Hall–Kier alpha value is -3.02. The first kappa shape index (κ1) is 16.4. The smallest absolute Gasteiger partial charge is 0.373 e. The lowest BCUT2D eigenvalue weighted by atomic mass is 10.1. The van der Waals surface area contributed by atoms with Crippen molar-refractivity contribution in [1.29, 1.82) is 0 Å². The molecule has 0 unspecified atom stereocenters. The van der Waals surface area contributed by atoms with Crippen LogP contribution in [-0.4, -0.2) is 33.1 Å². The number of methoxy groups -OCH3 is 3. The zero-order valence-electron chi connectivity index (χ0n) is 13.0. The third-order valence-corrected chi connectivity index (χ3v) is 3.08. The van der Waals surface area contributed by atoms with Crippen LogP contribution < -0.4 is 9.47 Å². The van der Waals surface area contributed by atoms with Crippen LogP contribution >= 0.6 is 0 Å². The monoisotopic (exact) mass is 316 g/mol. The summed E-state index contributed by atoms with van der Waals surface area (Å²) in [6.45, 7) is 0. The number of esters is 1. The number of carbonyl (C=O) groups is 2. The van der Waals surface area contributed by atoms with Crippen molar-refractivity contribution in [2.24, 2.45) is 0 Å². The molecule has 1 aromatic heterocycles. The number of rotatable bonds is 6. The maximum atomic E-state index is 12.2. The van der Waals surface area contributed by atoms with E-state index in [4.69, 9.17) is 13.9 Å². The lowest BCUT2D eigenvalue weighted by Gasteiger charge is -2.07. The lowest BCUT2D eigenvalue weighted by Crippen LogP contribution is -1.98. The minimum Gasteiger partial charge on any atom is -0.493 e. The van der Waals surface area contributed by atoms with Gasteiger partial charge < -0.3 is 18.6 Å². The quantitative estimate of drug-likeness (QED) is 0.463. The van der Waals surface area contributed by atoms with Crippen LogP contribution in [0.5, 0.6) is 11.5 Å². The Balaban J connectivity index is 2.15. The summed E-state index contributed by atoms with van der Waals surface area (Å²) in [5, 5.41) is 0. The van der Waals surface area contributed by atoms with Crippen LogP contribution in [0.2, 0.25) is 0 Å². The predicted octanol–water partition coefficient (Wildman–Crippen LogP) is 2.98. The Morgan fingerprint density at radius 3 is 2.39 bits per heavy atom. The molecule has 0 amide bonds. The molecule has 1 heterocycles. The molecule has 0 saturated heterocycles. The van der Waals surface area contributed by atoms with Crippen LogP contribution in [0.4, 0.5) is 0 Å². The van der Waals surface area contributed by atoms with E-state index in [1.54, 1.807) is 24.3 Å². The molecule has 120 valence electrons. The first-order chi connectivity index (χ1) is 11.1. The third kappa shape index (κ3) is 3.79. The Labute approximate surface area is 133 Å². The van der Waals surface area contributed by atoms with Crippen LogP contribution in [0.25, 0.3) is 6.08 Å². The van der Waals surface area contributed by atoms with Crippen molar-refractivity contribution in [3.8, 4) is 11.5 Å². The van der Waals surface area contributed by atoms with Gasteiger partial charge in [-0.25, -0.2) is 4.79 Å². The second-order valence-electron chi connectivity index (χ2n) is 4.46. The molecule has 2 rings (SSSR count). The van der Waals surface area contributed by atoms with Crippen LogP contribution in [0.15, 0.2) is 40.8 Å². The van der Waals surface area contributed by atoms with Crippen molar-refractivity contribution in [1.82, 2.24) is 0 Å². The topological polar surface area (TPSA) is 75.0 Å². The average molecular weight is 316 g/mol. The number of furan rings is 1. The molecule has 1 aromatic carbocycles. The summed E-state index contributed by atoms with van der Waals surface area (Å²) in [6.07, 6.45) is 2.83. The summed E-state index contributed by atoms with van der Waals surface area (Å²) in [5.74, 6) is 0.655. The van der Waals surface area contributed by atoms with Crippen molar-refractivity contribution >= 4 is 17.8 Å². The number of benzene rings is 1. The van der Waals surface area contributed by atoms with Gasteiger partial charge in [-0.3, -0.25) is 4.79 Å². The zero-order chi connectivity index (χ0) is 16.8. The van der Waals surface area contributed by atoms with Gasteiger partial charge in [0.25, 0.3) is 0 Å². The van der Waals surface area contributed by atoms with Crippen molar-refractivity contribution < 1.29 is 28.2 Å². The van der Waals surface area contributed by atoms with Crippen molar-refractivity contribution in [3.05, 3.63) is 53.5 Å². The van der Waals surface area contributed by atoms with Gasteiger partial charge in [0.05, 0.1) is 21.3 Å². The summed E-state index contributed by atoms with van der Waals surface area (Å²) < 4.78 is 20.1. The summed E-state index contributed by atoms with van der Waals surface area (Å²) in [6, 6.07) is 7.93. The highest BCUT2D eigenvalue weighted by Crippen LogP contribution is 2.27. The molecule has 0 aliphatic heterocycles. The van der Waals surface area contributed by atoms with Crippen LogP contribution in [0.3, 0.4) is 0 Å². The first-order valence-electron chi connectivity index (χ1n) is 6.71. The van der Waals surface area contributed by atoms with Crippen LogP contribution in [0, 0.1) is 0 Å². The molecule has 0 atom stereocenters. The molecule has 6 heteroatoms. The molecular formula is C17H16O6. The highest BCUT2D eigenvalue weighted by Gasteiger charge is 2.11. The molecule has 0 spiro atoms. The minimum atomic E-state index is -0.573. The zero-order valence-corrected chi connectivity index (χ0v) is 13.0. The van der Waals surface area contributed by atoms with Gasteiger partial charge in [-0.1, -0.05) is 0 Å². The van der Waals surface area contributed by atoms with Gasteiger partial charge in [-0.2, -0.15) is 0 Å². The number of hydrogen-bond acceptors (Lipinski definition) is 6. The predicted molar refractivity (Wildman–Crippen MR) is 83.0 cm³/mol. The number of ketones is 1. The normalized spacial score (nSPS) is 10.6. The van der Waals surface area contributed by atoms with Gasteiger partial charge in [0.2, 0.25) is 5.76 Å². The largest absolute Gasteiger partial charge is 0.493 e. The molecule has 0 aliphatic rings. The average Bonchev–Trinajstić information content (AvgIpc) is 3.07. The van der Waals surface area contributed by atoms with E-state index in [2.05, 4.69) is 4.74 Å². The summed E-state index contributed by atoms with van der Waals surface area (Å²) in [4.78, 5) is 23.5. The Kier molecular flexibility index (Phi) is 5.19. The van der Waals surface area contributed by atoms with E-state index in [1.165, 1.54) is 39.5 Å². The maximum Gasteiger partial charge on any atom is 0.373 e. The van der Waals surface area contributed by atoms with E-state index in [0.29, 0.717) is 22.8 Å². The molecule has 6 nitrogen and oxygen atoms in total. The Bertz CT molecular complexity index is 741. The van der Waals surface area contributed by atoms with Gasteiger partial charge >= 0.3 is 5.97 Å². The number of ether oxygens (including phenoxy) is 3. The maximum absolute atomic E-state index is 12.2. The lowest BCUT2D eigenvalue weighted by molar-refractivity contribution is 0.0564. The van der Waals surface area contributed by atoms with Crippen molar-refractivity contribution in [2.75, 3.05) is 21.3 Å². The SMILES string of the molecule is COC(=O)c1ccc(/C=C\C(=O)c2ccc(OC)c(OC)c2)o1. The number of carbonyl (C=O) groups excluding carboxylic acids is 2. The van der Waals surface area contributed by atoms with E-state index in [1.807, 2.05) is 0 Å². The highest BCUT2D eigenvalue weighted by molar-refractivity contribution is 6.07. The van der Waals surface area contributed by atoms with Gasteiger partial charge in [-0.15, -0.1) is 0 Å². The molecule has 2 aromatic rings. The third-order valence-electron chi connectivity index (χ3n) is 3.08. The highest BCUT2D eigenvalue weighted by atomic mass is 16.5. The molecule has 0 N–H and O–H groups in total. The summed E-state index contributed by atoms with van der Waals surface area (Å²) in [5.41, 5.74) is 0.443. The summed E-state index contributed by atoms with van der Waals surface area (Å²) >= 11 is 0. The van der Waals surface area contributed by atoms with Gasteiger partial charge in [0.15, 0.2) is 17.3 Å². The van der Waals surface area contributed by atoms with Crippen molar-refractivity contribution in [2.45, 2.75) is 0 Å². The van der Waals surface area contributed by atoms with Gasteiger partial charge in [-0.05, 0) is 42.5 Å². The summed E-state index contributed by atoms with van der Waals surface area (Å²) in [7, 11) is 4.29. The fourth-order valence-electron chi connectivity index (χ4n) is 1.90. The second kappa shape index (κ2) is 7.31. The standard InChI is InChI=1S/C17H16O6/c1-20-14-8-4-11(10-16(14)21-2)13(18)7-5-12-6-9-15(23-12)17(19)22-3/h4-10H,1-3H3/b7-5-. The molecular weight excluding hydrogens is 300 g/mol. The van der Waals surface area contributed by atoms with E-state index >= 15 is 0 Å².